The predicted molar refractivity (Wildman–Crippen MR) is 89.5 cm³/mol. The van der Waals surface area contributed by atoms with E-state index in [-0.39, 0.29) is 0 Å². The van der Waals surface area contributed by atoms with Crippen LogP contribution in [0.1, 0.15) is 19.8 Å². The Labute approximate surface area is 125 Å². The van der Waals surface area contributed by atoms with Gasteiger partial charge in [-0.25, -0.2) is 0 Å². The molecular formula is C14H22N2OS2. The van der Waals surface area contributed by atoms with Crippen molar-refractivity contribution in [2.24, 2.45) is 0 Å². The highest BCUT2D eigenvalue weighted by Gasteiger charge is 2.04. The van der Waals surface area contributed by atoms with Gasteiger partial charge in [0.15, 0.2) is 5.11 Å². The lowest BCUT2D eigenvalue weighted by molar-refractivity contribution is 0.319. The van der Waals surface area contributed by atoms with Crippen molar-refractivity contribution in [3.63, 3.8) is 0 Å². The molecule has 0 saturated heterocycles. The molecular weight excluding hydrogens is 276 g/mol. The number of ether oxygens (including phenoxy) is 1. The Kier molecular flexibility index (Phi) is 8.41. The second kappa shape index (κ2) is 9.92. The zero-order valence-corrected chi connectivity index (χ0v) is 13.2. The van der Waals surface area contributed by atoms with E-state index in [9.17, 15) is 0 Å². The average molecular weight is 298 g/mol. The first-order valence-corrected chi connectivity index (χ1v) is 8.33. The van der Waals surface area contributed by atoms with E-state index in [2.05, 4.69) is 23.8 Å². The van der Waals surface area contributed by atoms with Crippen LogP contribution in [0.3, 0.4) is 0 Å². The van der Waals surface area contributed by atoms with Gasteiger partial charge in [-0.15, -0.1) is 0 Å². The zero-order valence-electron chi connectivity index (χ0n) is 11.6. The maximum absolute atomic E-state index is 5.68. The van der Waals surface area contributed by atoms with E-state index in [0.717, 1.165) is 36.6 Å². The van der Waals surface area contributed by atoms with Crippen LogP contribution >= 0.6 is 24.0 Å². The molecule has 1 aromatic rings. The van der Waals surface area contributed by atoms with Crippen molar-refractivity contribution >= 4 is 34.8 Å². The predicted octanol–water partition coefficient (Wildman–Crippen LogP) is 3.51. The summed E-state index contributed by atoms with van der Waals surface area (Å²) in [6.07, 6.45) is 4.21. The van der Waals surface area contributed by atoms with E-state index in [4.69, 9.17) is 17.0 Å². The molecule has 1 aromatic carbocycles. The lowest BCUT2D eigenvalue weighted by Gasteiger charge is -2.14. The molecule has 0 radical (unpaired) electrons. The number of rotatable bonds is 8. The third-order valence-electron chi connectivity index (χ3n) is 2.41. The number of hydrogen-bond donors (Lipinski definition) is 2. The number of benzene rings is 1. The summed E-state index contributed by atoms with van der Waals surface area (Å²) in [6, 6.07) is 7.86. The average Bonchev–Trinajstić information content (AvgIpc) is 2.43. The highest BCUT2D eigenvalue weighted by molar-refractivity contribution is 7.98. The summed E-state index contributed by atoms with van der Waals surface area (Å²) in [5, 5.41) is 7.03. The Morgan fingerprint density at radius 2 is 2.16 bits per heavy atom. The van der Waals surface area contributed by atoms with Gasteiger partial charge in [0.25, 0.3) is 0 Å². The molecule has 0 saturated carbocycles. The van der Waals surface area contributed by atoms with E-state index in [1.54, 1.807) is 0 Å². The molecule has 0 fully saturated rings. The Morgan fingerprint density at radius 1 is 1.37 bits per heavy atom. The molecule has 1 rings (SSSR count). The summed E-state index contributed by atoms with van der Waals surface area (Å²) in [7, 11) is 0. The Balaban J connectivity index is 2.44. The third kappa shape index (κ3) is 6.68. The summed E-state index contributed by atoms with van der Waals surface area (Å²) in [5.41, 5.74) is 0.915. The van der Waals surface area contributed by atoms with Gasteiger partial charge in [0.1, 0.15) is 5.75 Å². The molecule has 3 nitrogen and oxygen atoms in total. The molecule has 2 N–H and O–H groups in total. The minimum Gasteiger partial charge on any atom is -0.491 e. The van der Waals surface area contributed by atoms with E-state index < -0.39 is 0 Å². The quantitative estimate of drug-likeness (QED) is 0.567. The Bertz CT molecular complexity index is 385. The van der Waals surface area contributed by atoms with Crippen molar-refractivity contribution in [1.82, 2.24) is 5.32 Å². The number of nitrogens with one attached hydrogen (secondary N) is 2. The van der Waals surface area contributed by atoms with Gasteiger partial charge in [0.2, 0.25) is 0 Å². The maximum atomic E-state index is 5.68. The molecule has 0 bridgehead atoms. The Morgan fingerprint density at radius 3 is 2.89 bits per heavy atom. The second-order valence-corrected chi connectivity index (χ2v) is 5.47. The molecule has 0 aliphatic heterocycles. The van der Waals surface area contributed by atoms with Crippen LogP contribution in [0.25, 0.3) is 0 Å². The third-order valence-corrected chi connectivity index (χ3v) is 3.35. The van der Waals surface area contributed by atoms with Crippen LogP contribution in [0.2, 0.25) is 0 Å². The molecule has 19 heavy (non-hydrogen) atoms. The van der Waals surface area contributed by atoms with Crippen molar-refractivity contribution in [3.8, 4) is 5.75 Å². The molecule has 0 aliphatic carbocycles. The monoisotopic (exact) mass is 298 g/mol. The standard InChI is InChI=1S/C14H22N2OS2/c1-3-10-17-13-8-5-4-7-12(13)16-14(18)15-9-6-11-19-2/h4-5,7-8H,3,6,9-11H2,1-2H3,(H2,15,16,18). The molecule has 0 heterocycles. The van der Waals surface area contributed by atoms with E-state index in [0.29, 0.717) is 11.7 Å². The topological polar surface area (TPSA) is 33.3 Å². The minimum absolute atomic E-state index is 0.647. The van der Waals surface area contributed by atoms with Crippen LogP contribution in [-0.2, 0) is 0 Å². The highest BCUT2D eigenvalue weighted by Crippen LogP contribution is 2.23. The van der Waals surface area contributed by atoms with Gasteiger partial charge in [0.05, 0.1) is 12.3 Å². The molecule has 0 aliphatic rings. The lowest BCUT2D eigenvalue weighted by Crippen LogP contribution is -2.29. The summed E-state index contributed by atoms with van der Waals surface area (Å²) in [5.74, 6) is 1.99. The number of thioether (sulfide) groups is 1. The van der Waals surface area contributed by atoms with Crippen LogP contribution in [0.15, 0.2) is 24.3 Å². The van der Waals surface area contributed by atoms with E-state index in [1.165, 1.54) is 0 Å². The van der Waals surface area contributed by atoms with Crippen LogP contribution in [0, 0.1) is 0 Å². The molecule has 5 heteroatoms. The first-order valence-electron chi connectivity index (χ1n) is 6.53. The van der Waals surface area contributed by atoms with Gasteiger partial charge in [-0.05, 0) is 49.2 Å². The van der Waals surface area contributed by atoms with Gasteiger partial charge in [-0.3, -0.25) is 0 Å². The van der Waals surface area contributed by atoms with Crippen LogP contribution in [0.4, 0.5) is 5.69 Å². The van der Waals surface area contributed by atoms with E-state index >= 15 is 0 Å². The summed E-state index contributed by atoms with van der Waals surface area (Å²) < 4.78 is 5.68. The van der Waals surface area contributed by atoms with Crippen LogP contribution in [0.5, 0.6) is 5.75 Å². The first-order chi connectivity index (χ1) is 9.27. The lowest BCUT2D eigenvalue weighted by atomic mass is 10.3. The van der Waals surface area contributed by atoms with Gasteiger partial charge in [0, 0.05) is 6.54 Å². The number of hydrogen-bond acceptors (Lipinski definition) is 3. The van der Waals surface area contributed by atoms with Crippen molar-refractivity contribution in [2.45, 2.75) is 19.8 Å². The van der Waals surface area contributed by atoms with Gasteiger partial charge < -0.3 is 15.4 Å². The summed E-state index contributed by atoms with van der Waals surface area (Å²) >= 11 is 7.12. The SMILES string of the molecule is CCCOc1ccccc1NC(=S)NCCCSC. The van der Waals surface area contributed by atoms with Crippen LogP contribution in [-0.4, -0.2) is 30.3 Å². The largest absolute Gasteiger partial charge is 0.491 e. The van der Waals surface area contributed by atoms with Gasteiger partial charge >= 0.3 is 0 Å². The normalized spacial score (nSPS) is 10.0. The fraction of sp³-hybridized carbons (Fsp3) is 0.500. The molecule has 0 amide bonds. The van der Waals surface area contributed by atoms with Crippen molar-refractivity contribution in [1.29, 1.82) is 0 Å². The Hall–Kier alpha value is -0.940. The summed E-state index contributed by atoms with van der Waals surface area (Å²) in [4.78, 5) is 0. The number of para-hydroxylation sites is 2. The minimum atomic E-state index is 0.647. The van der Waals surface area contributed by atoms with Gasteiger partial charge in [-0.2, -0.15) is 11.8 Å². The number of anilines is 1. The van der Waals surface area contributed by atoms with Gasteiger partial charge in [-0.1, -0.05) is 19.1 Å². The zero-order chi connectivity index (χ0) is 13.9. The molecule has 0 spiro atoms. The fourth-order valence-electron chi connectivity index (χ4n) is 1.49. The maximum Gasteiger partial charge on any atom is 0.170 e. The van der Waals surface area contributed by atoms with Crippen molar-refractivity contribution in [2.75, 3.05) is 30.5 Å². The second-order valence-electron chi connectivity index (χ2n) is 4.07. The first kappa shape index (κ1) is 16.1. The highest BCUT2D eigenvalue weighted by atomic mass is 32.2. The molecule has 0 atom stereocenters. The molecule has 0 aromatic heterocycles. The van der Waals surface area contributed by atoms with Crippen molar-refractivity contribution < 1.29 is 4.74 Å². The fourth-order valence-corrected chi connectivity index (χ4v) is 2.14. The summed E-state index contributed by atoms with van der Waals surface area (Å²) in [6.45, 7) is 3.70. The smallest absolute Gasteiger partial charge is 0.170 e. The molecule has 0 unspecified atom stereocenters. The number of thiocarbonyl (C=S) groups is 1. The van der Waals surface area contributed by atoms with E-state index in [1.807, 2.05) is 36.0 Å². The van der Waals surface area contributed by atoms with Crippen molar-refractivity contribution in [3.05, 3.63) is 24.3 Å². The molecule has 106 valence electrons. The van der Waals surface area contributed by atoms with Crippen LogP contribution < -0.4 is 15.4 Å².